The molecule has 0 unspecified atom stereocenters. The lowest BCUT2D eigenvalue weighted by Gasteiger charge is -2.25. The van der Waals surface area contributed by atoms with Crippen LogP contribution in [0.15, 0.2) is 12.1 Å². The van der Waals surface area contributed by atoms with Crippen molar-refractivity contribution in [1.82, 2.24) is 5.32 Å². The maximum atomic E-state index is 11.5. The molecule has 1 aromatic heterocycles. The van der Waals surface area contributed by atoms with Gasteiger partial charge in [0, 0.05) is 4.88 Å². The van der Waals surface area contributed by atoms with Gasteiger partial charge in [0.05, 0.1) is 22.0 Å². The zero-order valence-corrected chi connectivity index (χ0v) is 13.5. The molecule has 2 heterocycles. The highest BCUT2D eigenvalue weighted by Gasteiger charge is 2.38. The molecule has 2 rings (SSSR count). The van der Waals surface area contributed by atoms with E-state index >= 15 is 0 Å². The van der Waals surface area contributed by atoms with Crippen molar-refractivity contribution < 1.29 is 8.42 Å². The summed E-state index contributed by atoms with van der Waals surface area (Å²) in [4.78, 5) is 1.29. The molecule has 0 radical (unpaired) electrons. The van der Waals surface area contributed by atoms with Gasteiger partial charge in [-0.05, 0) is 44.1 Å². The first-order valence-electron chi connectivity index (χ1n) is 6.20. The van der Waals surface area contributed by atoms with Crippen LogP contribution in [0.4, 0.5) is 5.00 Å². The number of thiophene rings is 1. The van der Waals surface area contributed by atoms with Gasteiger partial charge in [-0.1, -0.05) is 6.92 Å². The van der Waals surface area contributed by atoms with Crippen LogP contribution in [-0.4, -0.2) is 30.6 Å². The highest BCUT2D eigenvalue weighted by Crippen LogP contribution is 2.24. The maximum Gasteiger partial charge on any atom is 0.171 e. The van der Waals surface area contributed by atoms with Gasteiger partial charge < -0.3 is 10.6 Å². The third-order valence-corrected chi connectivity index (χ3v) is 6.42. The number of nitrogens with one attached hydrogen (secondary N) is 2. The minimum Gasteiger partial charge on any atom is -0.356 e. The van der Waals surface area contributed by atoms with E-state index < -0.39 is 15.4 Å². The number of anilines is 1. The van der Waals surface area contributed by atoms with E-state index in [1.54, 1.807) is 11.3 Å². The van der Waals surface area contributed by atoms with E-state index in [-0.39, 0.29) is 11.5 Å². The van der Waals surface area contributed by atoms with Gasteiger partial charge in [0.1, 0.15) is 0 Å². The normalized spacial score (nSPS) is 25.2. The number of hydrogen-bond acceptors (Lipinski definition) is 4. The Morgan fingerprint density at radius 1 is 1.53 bits per heavy atom. The lowest BCUT2D eigenvalue weighted by Crippen LogP contribution is -2.48. The molecule has 19 heavy (non-hydrogen) atoms. The fourth-order valence-electron chi connectivity index (χ4n) is 2.16. The predicted octanol–water partition coefficient (Wildman–Crippen LogP) is 2.17. The molecule has 1 atom stereocenters. The summed E-state index contributed by atoms with van der Waals surface area (Å²) in [7, 11) is -2.92. The van der Waals surface area contributed by atoms with Crippen LogP contribution in [0.5, 0.6) is 0 Å². The first-order chi connectivity index (χ1) is 8.82. The molecule has 0 amide bonds. The highest BCUT2D eigenvalue weighted by molar-refractivity contribution is 7.91. The van der Waals surface area contributed by atoms with Gasteiger partial charge in [-0.15, -0.1) is 11.3 Å². The van der Waals surface area contributed by atoms with Gasteiger partial charge in [-0.2, -0.15) is 0 Å². The minimum absolute atomic E-state index is 0.145. The molecule has 1 aliphatic heterocycles. The number of sulfone groups is 1. The Hall–Kier alpha value is -0.660. The second-order valence-corrected chi connectivity index (χ2v) is 8.86. The third kappa shape index (κ3) is 3.90. The van der Waals surface area contributed by atoms with E-state index in [9.17, 15) is 8.42 Å². The van der Waals surface area contributed by atoms with Crippen LogP contribution in [0, 0.1) is 0 Å². The monoisotopic (exact) mass is 318 g/mol. The van der Waals surface area contributed by atoms with Gasteiger partial charge in [-0.25, -0.2) is 8.42 Å². The van der Waals surface area contributed by atoms with Crippen LogP contribution in [0.2, 0.25) is 0 Å². The van der Waals surface area contributed by atoms with Crippen molar-refractivity contribution in [3.63, 3.8) is 0 Å². The lowest BCUT2D eigenvalue weighted by atomic mass is 10.0. The summed E-state index contributed by atoms with van der Waals surface area (Å²) in [6.45, 7) is 4.01. The topological polar surface area (TPSA) is 58.2 Å². The van der Waals surface area contributed by atoms with E-state index in [1.165, 1.54) is 4.88 Å². The molecule has 0 aromatic carbocycles. The zero-order chi connectivity index (χ0) is 14.1. The van der Waals surface area contributed by atoms with Gasteiger partial charge >= 0.3 is 0 Å². The van der Waals surface area contributed by atoms with E-state index in [1.807, 2.05) is 13.0 Å². The zero-order valence-electron chi connectivity index (χ0n) is 11.0. The average molecular weight is 318 g/mol. The largest absolute Gasteiger partial charge is 0.356 e. The Morgan fingerprint density at radius 3 is 2.79 bits per heavy atom. The van der Waals surface area contributed by atoms with Gasteiger partial charge in [-0.3, -0.25) is 0 Å². The summed E-state index contributed by atoms with van der Waals surface area (Å²) in [5.41, 5.74) is -0.451. The Balaban J connectivity index is 1.95. The third-order valence-electron chi connectivity index (χ3n) is 3.17. The van der Waals surface area contributed by atoms with Crippen LogP contribution in [0.3, 0.4) is 0 Å². The first kappa shape index (κ1) is 14.7. The highest BCUT2D eigenvalue weighted by atomic mass is 32.2. The Morgan fingerprint density at radius 2 is 2.26 bits per heavy atom. The van der Waals surface area contributed by atoms with Gasteiger partial charge in [0.15, 0.2) is 14.9 Å². The number of aryl methyl sites for hydroxylation is 1. The standard InChI is InChI=1S/C12H18N2O2S3/c1-3-9-4-5-10(18-9)13-11(17)14-12(2)6-7-19(15,16)8-12/h4-5H,3,6-8H2,1-2H3,(H2,13,14,17)/t12-/m1/s1. The Labute approximate surface area is 123 Å². The summed E-state index contributed by atoms with van der Waals surface area (Å²) in [6.07, 6.45) is 1.60. The van der Waals surface area contributed by atoms with Crippen molar-refractivity contribution in [2.24, 2.45) is 0 Å². The van der Waals surface area contributed by atoms with Gasteiger partial charge in [0.2, 0.25) is 0 Å². The molecular formula is C12H18N2O2S3. The predicted molar refractivity (Wildman–Crippen MR) is 84.7 cm³/mol. The molecule has 2 N–H and O–H groups in total. The molecule has 1 aromatic rings. The van der Waals surface area contributed by atoms with Crippen molar-refractivity contribution in [2.75, 3.05) is 16.8 Å². The van der Waals surface area contributed by atoms with Crippen molar-refractivity contribution in [1.29, 1.82) is 0 Å². The summed E-state index contributed by atoms with van der Waals surface area (Å²) in [5, 5.41) is 7.73. The van der Waals surface area contributed by atoms with Crippen LogP contribution < -0.4 is 10.6 Å². The van der Waals surface area contributed by atoms with Crippen molar-refractivity contribution >= 4 is 43.5 Å². The van der Waals surface area contributed by atoms with Crippen LogP contribution >= 0.6 is 23.6 Å². The number of hydrogen-bond donors (Lipinski definition) is 2. The molecule has 1 saturated heterocycles. The van der Waals surface area contributed by atoms with Crippen LogP contribution in [-0.2, 0) is 16.3 Å². The van der Waals surface area contributed by atoms with E-state index in [0.29, 0.717) is 11.5 Å². The summed E-state index contributed by atoms with van der Waals surface area (Å²) in [5.74, 6) is 0.380. The number of rotatable bonds is 3. The van der Waals surface area contributed by atoms with Crippen LogP contribution in [0.1, 0.15) is 25.1 Å². The molecule has 1 aliphatic rings. The summed E-state index contributed by atoms with van der Waals surface area (Å²) in [6, 6.07) is 4.06. The Kier molecular flexibility index (Phi) is 4.17. The average Bonchev–Trinajstić information content (AvgIpc) is 2.83. The molecule has 0 saturated carbocycles. The van der Waals surface area contributed by atoms with Crippen molar-refractivity contribution in [3.05, 3.63) is 17.0 Å². The molecule has 0 spiro atoms. The molecule has 1 fully saturated rings. The molecular weight excluding hydrogens is 300 g/mol. The van der Waals surface area contributed by atoms with E-state index in [4.69, 9.17) is 12.2 Å². The van der Waals surface area contributed by atoms with Crippen molar-refractivity contribution in [2.45, 2.75) is 32.2 Å². The molecule has 7 heteroatoms. The van der Waals surface area contributed by atoms with Crippen LogP contribution in [0.25, 0.3) is 0 Å². The quantitative estimate of drug-likeness (QED) is 0.837. The fourth-order valence-corrected chi connectivity index (χ4v) is 5.53. The molecule has 106 valence electrons. The minimum atomic E-state index is -2.92. The number of thiocarbonyl (C=S) groups is 1. The molecule has 0 aliphatic carbocycles. The van der Waals surface area contributed by atoms with Gasteiger partial charge in [0.25, 0.3) is 0 Å². The maximum absolute atomic E-state index is 11.5. The Bertz CT molecular complexity index is 580. The SMILES string of the molecule is CCc1ccc(NC(=S)N[C@]2(C)CCS(=O)(=O)C2)s1. The molecule has 0 bridgehead atoms. The smallest absolute Gasteiger partial charge is 0.171 e. The second kappa shape index (κ2) is 5.38. The second-order valence-electron chi connectivity index (χ2n) is 5.10. The summed E-state index contributed by atoms with van der Waals surface area (Å²) < 4.78 is 23.1. The van der Waals surface area contributed by atoms with Crippen molar-refractivity contribution in [3.8, 4) is 0 Å². The molecule has 4 nitrogen and oxygen atoms in total. The fraction of sp³-hybridized carbons (Fsp3) is 0.583. The van der Waals surface area contributed by atoms with E-state index in [2.05, 4.69) is 23.6 Å². The lowest BCUT2D eigenvalue weighted by molar-refractivity contribution is 0.474. The summed E-state index contributed by atoms with van der Waals surface area (Å²) >= 11 is 6.92. The van der Waals surface area contributed by atoms with E-state index in [0.717, 1.165) is 11.4 Å². The first-order valence-corrected chi connectivity index (χ1v) is 9.25.